The molecule has 1 fully saturated rings. The highest BCUT2D eigenvalue weighted by molar-refractivity contribution is 7.99. The molecule has 1 aliphatic heterocycles. The van der Waals surface area contributed by atoms with Gasteiger partial charge in [-0.3, -0.25) is 14.2 Å². The number of nitrogens with zero attached hydrogens (tertiary/aromatic N) is 2. The van der Waals surface area contributed by atoms with E-state index in [-0.39, 0.29) is 23.3 Å². The van der Waals surface area contributed by atoms with E-state index in [1.54, 1.807) is 36.4 Å². The van der Waals surface area contributed by atoms with Crippen LogP contribution in [0.4, 0.5) is 0 Å². The lowest BCUT2D eigenvalue weighted by Gasteiger charge is -2.15. The Bertz CT molecular complexity index is 1160. The molecule has 0 unspecified atom stereocenters. The van der Waals surface area contributed by atoms with E-state index in [2.05, 4.69) is 10.3 Å². The summed E-state index contributed by atoms with van der Waals surface area (Å²) in [6.07, 6.45) is 2.05. The number of aromatic nitrogens is 2. The number of thioether (sulfide) groups is 1. The van der Waals surface area contributed by atoms with Crippen molar-refractivity contribution in [1.82, 2.24) is 14.9 Å². The van der Waals surface area contributed by atoms with Crippen molar-refractivity contribution in [1.29, 1.82) is 0 Å². The Kier molecular flexibility index (Phi) is 6.80. The summed E-state index contributed by atoms with van der Waals surface area (Å²) in [5.41, 5.74) is 0.899. The maximum atomic E-state index is 13.3. The number of benzene rings is 2. The SMILES string of the molecule is COc1ccc(-n2c(SCC(=O)NC[C@@H]3CCCO3)nc3ccccc3c2=O)cc1Cl. The number of fused-ring (bicyclic) bond motifs is 1. The predicted molar refractivity (Wildman–Crippen MR) is 122 cm³/mol. The number of carbonyl (C=O) groups excluding carboxylic acids is 1. The summed E-state index contributed by atoms with van der Waals surface area (Å²) in [5, 5.41) is 4.17. The lowest BCUT2D eigenvalue weighted by Crippen LogP contribution is -2.33. The first-order valence-corrected chi connectivity index (χ1v) is 11.3. The van der Waals surface area contributed by atoms with Crippen molar-refractivity contribution < 1.29 is 14.3 Å². The number of hydrogen-bond donors (Lipinski definition) is 1. The van der Waals surface area contributed by atoms with Crippen LogP contribution in [0.1, 0.15) is 12.8 Å². The zero-order valence-corrected chi connectivity index (χ0v) is 18.5. The number of hydrogen-bond acceptors (Lipinski definition) is 6. The van der Waals surface area contributed by atoms with Gasteiger partial charge in [-0.2, -0.15) is 0 Å². The van der Waals surface area contributed by atoms with Gasteiger partial charge in [0.1, 0.15) is 5.75 Å². The molecule has 1 aliphatic rings. The number of nitrogens with one attached hydrogen (secondary N) is 1. The first-order valence-electron chi connectivity index (χ1n) is 9.93. The molecule has 0 saturated carbocycles. The first kappa shape index (κ1) is 21.7. The highest BCUT2D eigenvalue weighted by Crippen LogP contribution is 2.28. The predicted octanol–water partition coefficient (Wildman–Crippen LogP) is 3.44. The molecule has 0 radical (unpaired) electrons. The Balaban J connectivity index is 1.63. The summed E-state index contributed by atoms with van der Waals surface area (Å²) in [6.45, 7) is 1.23. The molecular weight excluding hydrogens is 438 g/mol. The first-order chi connectivity index (χ1) is 15.1. The number of para-hydroxylation sites is 1. The van der Waals surface area contributed by atoms with E-state index < -0.39 is 0 Å². The van der Waals surface area contributed by atoms with Crippen LogP contribution in [0.15, 0.2) is 52.4 Å². The van der Waals surface area contributed by atoms with E-state index in [1.807, 2.05) is 6.07 Å². The van der Waals surface area contributed by atoms with Crippen LogP contribution in [0.2, 0.25) is 5.02 Å². The molecule has 7 nitrogen and oxygen atoms in total. The van der Waals surface area contributed by atoms with E-state index in [9.17, 15) is 9.59 Å². The molecule has 1 atom stereocenters. The fraction of sp³-hybridized carbons (Fsp3) is 0.318. The quantitative estimate of drug-likeness (QED) is 0.430. The topological polar surface area (TPSA) is 82.4 Å². The Morgan fingerprint density at radius 2 is 2.19 bits per heavy atom. The van der Waals surface area contributed by atoms with Crippen LogP contribution in [0.25, 0.3) is 16.6 Å². The van der Waals surface area contributed by atoms with Gasteiger partial charge in [0.25, 0.3) is 5.56 Å². The molecule has 2 aromatic carbocycles. The molecular formula is C22H22ClN3O4S. The van der Waals surface area contributed by atoms with E-state index in [4.69, 9.17) is 21.1 Å². The molecule has 162 valence electrons. The molecule has 1 aromatic heterocycles. The van der Waals surface area contributed by atoms with Crippen molar-refractivity contribution in [3.8, 4) is 11.4 Å². The van der Waals surface area contributed by atoms with Gasteiger partial charge in [0.2, 0.25) is 5.91 Å². The van der Waals surface area contributed by atoms with Gasteiger partial charge in [0.05, 0.1) is 40.6 Å². The third-order valence-electron chi connectivity index (χ3n) is 5.02. The molecule has 3 aromatic rings. The largest absolute Gasteiger partial charge is 0.495 e. The lowest BCUT2D eigenvalue weighted by molar-refractivity contribution is -0.119. The number of rotatable bonds is 7. The van der Waals surface area contributed by atoms with Gasteiger partial charge in [0.15, 0.2) is 5.16 Å². The molecule has 0 bridgehead atoms. The van der Waals surface area contributed by atoms with E-state index in [1.165, 1.54) is 23.4 Å². The van der Waals surface area contributed by atoms with Crippen molar-refractivity contribution in [3.05, 3.63) is 57.8 Å². The monoisotopic (exact) mass is 459 g/mol. The molecule has 0 aliphatic carbocycles. The van der Waals surface area contributed by atoms with Crippen LogP contribution >= 0.6 is 23.4 Å². The van der Waals surface area contributed by atoms with Crippen molar-refractivity contribution in [2.24, 2.45) is 0 Å². The van der Waals surface area contributed by atoms with Crippen LogP contribution < -0.4 is 15.6 Å². The number of methoxy groups -OCH3 is 1. The summed E-state index contributed by atoms with van der Waals surface area (Å²) in [6, 6.07) is 12.2. The Morgan fingerprint density at radius 1 is 1.35 bits per heavy atom. The summed E-state index contributed by atoms with van der Waals surface area (Å²) in [7, 11) is 1.53. The van der Waals surface area contributed by atoms with Gasteiger partial charge < -0.3 is 14.8 Å². The normalized spacial score (nSPS) is 15.9. The zero-order valence-electron chi connectivity index (χ0n) is 17.0. The molecule has 1 N–H and O–H groups in total. The van der Waals surface area contributed by atoms with Crippen LogP contribution in [0.3, 0.4) is 0 Å². The highest BCUT2D eigenvalue weighted by Gasteiger charge is 2.18. The standard InChI is InChI=1S/C22H22ClN3O4S/c1-29-19-9-8-14(11-17(19)23)26-21(28)16-6-2-3-7-18(16)25-22(26)31-13-20(27)24-12-15-5-4-10-30-15/h2-3,6-9,11,15H,4-5,10,12-13H2,1H3,(H,24,27)/t15-/m0/s1. The minimum Gasteiger partial charge on any atom is -0.495 e. The van der Waals surface area contributed by atoms with Gasteiger partial charge in [-0.1, -0.05) is 35.5 Å². The van der Waals surface area contributed by atoms with Crippen molar-refractivity contribution in [2.45, 2.75) is 24.1 Å². The third kappa shape index (κ3) is 4.87. The van der Waals surface area contributed by atoms with Crippen LogP contribution in [0, 0.1) is 0 Å². The molecule has 9 heteroatoms. The summed E-state index contributed by atoms with van der Waals surface area (Å²) >= 11 is 7.49. The van der Waals surface area contributed by atoms with E-state index in [0.29, 0.717) is 39.1 Å². The second kappa shape index (κ2) is 9.72. The third-order valence-corrected chi connectivity index (χ3v) is 6.26. The highest BCUT2D eigenvalue weighted by atomic mass is 35.5. The molecule has 1 saturated heterocycles. The minimum atomic E-state index is -0.228. The number of halogens is 1. The molecule has 31 heavy (non-hydrogen) atoms. The van der Waals surface area contributed by atoms with Crippen LogP contribution in [-0.4, -0.2) is 47.6 Å². The Hall–Kier alpha value is -2.55. The van der Waals surface area contributed by atoms with Crippen LogP contribution in [-0.2, 0) is 9.53 Å². The van der Waals surface area contributed by atoms with Crippen molar-refractivity contribution in [3.63, 3.8) is 0 Å². The van der Waals surface area contributed by atoms with Crippen LogP contribution in [0.5, 0.6) is 5.75 Å². The fourth-order valence-electron chi connectivity index (χ4n) is 3.45. The summed E-state index contributed by atoms with van der Waals surface area (Å²) in [4.78, 5) is 30.3. The molecule has 1 amide bonds. The Morgan fingerprint density at radius 3 is 2.94 bits per heavy atom. The van der Waals surface area contributed by atoms with Gasteiger partial charge in [-0.25, -0.2) is 4.98 Å². The summed E-state index contributed by atoms with van der Waals surface area (Å²) in [5.74, 6) is 0.499. The average molecular weight is 460 g/mol. The molecule has 0 spiro atoms. The molecule has 2 heterocycles. The second-order valence-electron chi connectivity index (χ2n) is 7.10. The Labute approximate surface area is 188 Å². The number of carbonyl (C=O) groups is 1. The smallest absolute Gasteiger partial charge is 0.266 e. The van der Waals surface area contributed by atoms with Gasteiger partial charge in [-0.05, 0) is 43.2 Å². The maximum Gasteiger partial charge on any atom is 0.266 e. The number of ether oxygens (including phenoxy) is 2. The van der Waals surface area contributed by atoms with Crippen molar-refractivity contribution >= 4 is 40.2 Å². The van der Waals surface area contributed by atoms with Crippen molar-refractivity contribution in [2.75, 3.05) is 26.0 Å². The van der Waals surface area contributed by atoms with Gasteiger partial charge in [-0.15, -0.1) is 0 Å². The fourth-order valence-corrected chi connectivity index (χ4v) is 4.54. The van der Waals surface area contributed by atoms with E-state index in [0.717, 1.165) is 19.4 Å². The van der Waals surface area contributed by atoms with Gasteiger partial charge in [0, 0.05) is 13.2 Å². The molecule has 4 rings (SSSR count). The summed E-state index contributed by atoms with van der Waals surface area (Å²) < 4.78 is 12.2. The zero-order chi connectivity index (χ0) is 21.8. The van der Waals surface area contributed by atoms with E-state index >= 15 is 0 Å². The average Bonchev–Trinajstić information content (AvgIpc) is 3.30. The maximum absolute atomic E-state index is 13.3. The van der Waals surface area contributed by atoms with Gasteiger partial charge >= 0.3 is 0 Å². The number of amides is 1. The second-order valence-corrected chi connectivity index (χ2v) is 8.45. The lowest BCUT2D eigenvalue weighted by atomic mass is 10.2. The minimum absolute atomic E-state index is 0.0763.